The summed E-state index contributed by atoms with van der Waals surface area (Å²) in [5, 5.41) is 11.8. The van der Waals surface area contributed by atoms with Crippen molar-refractivity contribution >= 4 is 69.4 Å². The van der Waals surface area contributed by atoms with Crippen LogP contribution < -0.4 is 15.0 Å². The highest BCUT2D eigenvalue weighted by Gasteiger charge is 2.33. The second kappa shape index (κ2) is 10.3. The van der Waals surface area contributed by atoms with Crippen molar-refractivity contribution in [1.82, 2.24) is 0 Å². The van der Waals surface area contributed by atoms with E-state index in [2.05, 4.69) is 5.32 Å². The number of hydrogen-bond acceptors (Lipinski definition) is 5. The van der Waals surface area contributed by atoms with Gasteiger partial charge in [0.1, 0.15) is 11.6 Å². The quantitative estimate of drug-likeness (QED) is 0.382. The highest BCUT2D eigenvalue weighted by molar-refractivity contribution is 8.19. The van der Waals surface area contributed by atoms with Gasteiger partial charge in [-0.2, -0.15) is 0 Å². The molecule has 0 spiro atoms. The molecule has 1 heterocycles. The molecule has 0 saturated carbocycles. The number of halogens is 3. The molecule has 172 valence electrons. The minimum atomic E-state index is -0.439. The third kappa shape index (κ3) is 5.59. The van der Waals surface area contributed by atoms with Crippen molar-refractivity contribution in [3.05, 3.63) is 93.1 Å². The summed E-state index contributed by atoms with van der Waals surface area (Å²) < 4.78 is 18.9. The Morgan fingerprint density at radius 1 is 1.06 bits per heavy atom. The normalized spacial score (nSPS) is 14.6. The lowest BCUT2D eigenvalue weighted by Crippen LogP contribution is -2.28. The van der Waals surface area contributed by atoms with E-state index >= 15 is 0 Å². The Balaban J connectivity index is 1.51. The van der Waals surface area contributed by atoms with Crippen molar-refractivity contribution in [2.75, 3.05) is 16.8 Å². The molecule has 1 saturated heterocycles. The molecule has 2 amide bonds. The summed E-state index contributed by atoms with van der Waals surface area (Å²) in [6, 6.07) is 16.8. The maximum absolute atomic E-state index is 13.2. The first-order valence-electron chi connectivity index (χ1n) is 9.86. The summed E-state index contributed by atoms with van der Waals surface area (Å²) in [7, 11) is 0. The smallest absolute Gasteiger partial charge is 0.271 e. The molecule has 3 aromatic rings. The Labute approximate surface area is 208 Å². The molecular formula is C24H16Cl2FN3O3S. The van der Waals surface area contributed by atoms with E-state index in [9.17, 15) is 14.0 Å². The number of amides is 2. The molecule has 0 atom stereocenters. The van der Waals surface area contributed by atoms with Crippen LogP contribution in [0.15, 0.2) is 71.6 Å². The number of thioether (sulfide) groups is 1. The fourth-order valence-corrected chi connectivity index (χ4v) is 4.25. The number of amidine groups is 1. The average molecular weight is 516 g/mol. The van der Waals surface area contributed by atoms with Crippen LogP contribution in [0, 0.1) is 11.2 Å². The summed E-state index contributed by atoms with van der Waals surface area (Å²) in [6.07, 6.45) is 1.55. The van der Waals surface area contributed by atoms with Gasteiger partial charge in [-0.05, 0) is 84.6 Å². The van der Waals surface area contributed by atoms with Gasteiger partial charge in [0.15, 0.2) is 11.8 Å². The molecule has 10 heteroatoms. The van der Waals surface area contributed by atoms with Crippen LogP contribution in [0.5, 0.6) is 5.75 Å². The monoisotopic (exact) mass is 515 g/mol. The van der Waals surface area contributed by atoms with Crippen LogP contribution in [0.4, 0.5) is 15.8 Å². The van der Waals surface area contributed by atoms with Crippen LogP contribution in [0.3, 0.4) is 0 Å². The molecule has 0 radical (unpaired) electrons. The van der Waals surface area contributed by atoms with Gasteiger partial charge >= 0.3 is 0 Å². The lowest BCUT2D eigenvalue weighted by atomic mass is 10.1. The van der Waals surface area contributed by atoms with E-state index in [1.165, 1.54) is 29.2 Å². The van der Waals surface area contributed by atoms with Crippen LogP contribution in [0.1, 0.15) is 5.56 Å². The Morgan fingerprint density at radius 3 is 2.44 bits per heavy atom. The van der Waals surface area contributed by atoms with E-state index < -0.39 is 11.7 Å². The number of nitrogens with zero attached hydrogens (tertiary/aromatic N) is 1. The summed E-state index contributed by atoms with van der Waals surface area (Å²) >= 11 is 12.9. The minimum Gasteiger partial charge on any atom is -0.483 e. The Morgan fingerprint density at radius 2 is 1.74 bits per heavy atom. The van der Waals surface area contributed by atoms with Crippen LogP contribution >= 0.6 is 35.0 Å². The zero-order valence-corrected chi connectivity index (χ0v) is 19.7. The van der Waals surface area contributed by atoms with Crippen LogP contribution in [0.2, 0.25) is 10.0 Å². The van der Waals surface area contributed by atoms with Crippen LogP contribution in [-0.4, -0.2) is 23.6 Å². The molecule has 1 aliphatic rings. The van der Waals surface area contributed by atoms with E-state index in [4.69, 9.17) is 33.3 Å². The van der Waals surface area contributed by atoms with Gasteiger partial charge < -0.3 is 10.1 Å². The van der Waals surface area contributed by atoms with Gasteiger partial charge in [-0.25, -0.2) is 4.39 Å². The molecule has 0 unspecified atom stereocenters. The average Bonchev–Trinajstić information content (AvgIpc) is 3.08. The fraction of sp³-hybridized carbons (Fsp3) is 0.0417. The van der Waals surface area contributed by atoms with E-state index in [1.807, 2.05) is 0 Å². The van der Waals surface area contributed by atoms with Gasteiger partial charge in [0.05, 0.1) is 10.6 Å². The van der Waals surface area contributed by atoms with Gasteiger partial charge in [0.25, 0.3) is 11.8 Å². The van der Waals surface area contributed by atoms with Gasteiger partial charge in [0, 0.05) is 21.3 Å². The third-order valence-electron chi connectivity index (χ3n) is 4.65. The van der Waals surface area contributed by atoms with Crippen LogP contribution in [0.25, 0.3) is 6.08 Å². The highest BCUT2D eigenvalue weighted by Crippen LogP contribution is 2.37. The summed E-state index contributed by atoms with van der Waals surface area (Å²) in [5.41, 5.74) is 1.42. The molecule has 4 rings (SSSR count). The van der Waals surface area contributed by atoms with Crippen molar-refractivity contribution in [2.24, 2.45) is 0 Å². The number of carbonyl (C=O) groups excluding carboxylic acids is 2. The minimum absolute atomic E-state index is 0.0188. The number of hydrogen-bond donors (Lipinski definition) is 2. The van der Waals surface area contributed by atoms with Gasteiger partial charge in [-0.15, -0.1) is 0 Å². The molecule has 1 aliphatic heterocycles. The van der Waals surface area contributed by atoms with Crippen LogP contribution in [-0.2, 0) is 9.59 Å². The van der Waals surface area contributed by atoms with Gasteiger partial charge in [-0.1, -0.05) is 23.2 Å². The highest BCUT2D eigenvalue weighted by atomic mass is 35.5. The first-order valence-corrected chi connectivity index (χ1v) is 11.4. The van der Waals surface area contributed by atoms with E-state index in [1.54, 1.807) is 48.5 Å². The summed E-state index contributed by atoms with van der Waals surface area (Å²) in [4.78, 5) is 26.7. The predicted octanol–water partition coefficient (Wildman–Crippen LogP) is 6.21. The van der Waals surface area contributed by atoms with Crippen molar-refractivity contribution in [1.29, 1.82) is 5.41 Å². The van der Waals surface area contributed by atoms with Crippen molar-refractivity contribution < 1.29 is 18.7 Å². The maximum Gasteiger partial charge on any atom is 0.271 e. The third-order valence-corrected chi connectivity index (χ3v) is 6.03. The molecule has 0 aliphatic carbocycles. The van der Waals surface area contributed by atoms with Crippen molar-refractivity contribution in [2.45, 2.75) is 0 Å². The lowest BCUT2D eigenvalue weighted by Gasteiger charge is -2.14. The zero-order chi connectivity index (χ0) is 24.2. The standard InChI is InChI=1S/C24H16Cl2FN3O3S/c25-15-1-6-18(7-2-15)29-22(31)13-33-20-10-3-16(26)11-14(20)12-21-23(32)30(24(28)34-21)19-8-4-17(27)5-9-19/h1-12,28H,13H2,(H,29,31)/b21-12-,28-24?. The molecule has 1 fully saturated rings. The number of nitrogens with one attached hydrogen (secondary N) is 2. The summed E-state index contributed by atoms with van der Waals surface area (Å²) in [6.45, 7) is -0.279. The van der Waals surface area contributed by atoms with E-state index in [-0.39, 0.29) is 22.6 Å². The maximum atomic E-state index is 13.2. The zero-order valence-electron chi connectivity index (χ0n) is 17.3. The Hall–Kier alpha value is -3.33. The molecule has 0 aromatic heterocycles. The molecule has 2 N–H and O–H groups in total. The fourth-order valence-electron chi connectivity index (χ4n) is 3.09. The molecular weight excluding hydrogens is 500 g/mol. The lowest BCUT2D eigenvalue weighted by molar-refractivity contribution is -0.118. The number of benzene rings is 3. The molecule has 0 bridgehead atoms. The largest absolute Gasteiger partial charge is 0.483 e. The van der Waals surface area contributed by atoms with Crippen molar-refractivity contribution in [3.8, 4) is 5.75 Å². The molecule has 6 nitrogen and oxygen atoms in total. The topological polar surface area (TPSA) is 82.5 Å². The SMILES string of the molecule is N=C1S/C(=C\c2cc(Cl)ccc2OCC(=O)Nc2ccc(Cl)cc2)C(=O)N1c1ccc(F)cc1. The number of rotatable bonds is 6. The molecule has 3 aromatic carbocycles. The van der Waals surface area contributed by atoms with Gasteiger partial charge in [-0.3, -0.25) is 19.9 Å². The van der Waals surface area contributed by atoms with Crippen molar-refractivity contribution in [3.63, 3.8) is 0 Å². The summed E-state index contributed by atoms with van der Waals surface area (Å²) in [5.74, 6) is -0.922. The number of anilines is 2. The first-order chi connectivity index (χ1) is 16.3. The second-order valence-electron chi connectivity index (χ2n) is 7.06. The Kier molecular flexibility index (Phi) is 7.21. The first kappa shape index (κ1) is 23.8. The second-order valence-corrected chi connectivity index (χ2v) is 8.96. The van der Waals surface area contributed by atoms with E-state index in [0.29, 0.717) is 32.7 Å². The van der Waals surface area contributed by atoms with E-state index in [0.717, 1.165) is 11.8 Å². The van der Waals surface area contributed by atoms with Gasteiger partial charge in [0.2, 0.25) is 0 Å². The number of carbonyl (C=O) groups is 2. The predicted molar refractivity (Wildman–Crippen MR) is 134 cm³/mol. The number of ether oxygens (including phenoxy) is 1. The Bertz CT molecular complexity index is 1300. The molecule has 34 heavy (non-hydrogen) atoms.